The van der Waals surface area contributed by atoms with E-state index in [0.717, 1.165) is 5.56 Å². The van der Waals surface area contributed by atoms with E-state index in [1.54, 1.807) is 30.5 Å². The second kappa shape index (κ2) is 6.69. The first kappa shape index (κ1) is 15.5. The van der Waals surface area contributed by atoms with E-state index in [-0.39, 0.29) is 11.4 Å². The maximum atomic E-state index is 12.4. The van der Waals surface area contributed by atoms with Crippen LogP contribution in [-0.4, -0.2) is 20.0 Å². The lowest BCUT2D eigenvalue weighted by atomic mass is 10.2. The summed E-state index contributed by atoms with van der Waals surface area (Å²) in [6.45, 7) is 4.21. The van der Waals surface area contributed by atoms with Gasteiger partial charge in [-0.25, -0.2) is 13.1 Å². The third-order valence-corrected chi connectivity index (χ3v) is 4.28. The first-order valence-electron chi connectivity index (χ1n) is 6.66. The molecule has 21 heavy (non-hydrogen) atoms. The van der Waals surface area contributed by atoms with Gasteiger partial charge in [0.15, 0.2) is 0 Å². The smallest absolute Gasteiger partial charge is 0.244 e. The van der Waals surface area contributed by atoms with Crippen molar-refractivity contribution >= 4 is 10.0 Å². The molecule has 0 atom stereocenters. The Kier molecular flexibility index (Phi) is 4.93. The molecule has 0 spiro atoms. The summed E-state index contributed by atoms with van der Waals surface area (Å²) >= 11 is 0. The third-order valence-electron chi connectivity index (χ3n) is 2.86. The molecular weight excluding hydrogens is 288 g/mol. The SMILES string of the molecule is CCOc1ccc(C)cc1S(=O)(=O)NCc1ccccn1. The number of aryl methyl sites for hydroxylation is 1. The van der Waals surface area contributed by atoms with Crippen LogP contribution in [0, 0.1) is 6.92 Å². The molecule has 1 aromatic carbocycles. The monoisotopic (exact) mass is 306 g/mol. The highest BCUT2D eigenvalue weighted by Crippen LogP contribution is 2.25. The average molecular weight is 306 g/mol. The molecule has 112 valence electrons. The van der Waals surface area contributed by atoms with Crippen molar-refractivity contribution in [1.82, 2.24) is 9.71 Å². The number of nitrogens with one attached hydrogen (secondary N) is 1. The number of rotatable bonds is 6. The van der Waals surface area contributed by atoms with Crippen molar-refractivity contribution in [3.05, 3.63) is 53.9 Å². The van der Waals surface area contributed by atoms with E-state index in [1.165, 1.54) is 0 Å². The molecule has 1 heterocycles. The van der Waals surface area contributed by atoms with E-state index in [0.29, 0.717) is 18.1 Å². The van der Waals surface area contributed by atoms with Crippen LogP contribution in [0.15, 0.2) is 47.5 Å². The van der Waals surface area contributed by atoms with E-state index in [1.807, 2.05) is 26.0 Å². The Morgan fingerprint density at radius 3 is 2.71 bits per heavy atom. The molecule has 0 aliphatic heterocycles. The van der Waals surface area contributed by atoms with Crippen LogP contribution in [0.4, 0.5) is 0 Å². The maximum Gasteiger partial charge on any atom is 0.244 e. The number of aromatic nitrogens is 1. The fraction of sp³-hybridized carbons (Fsp3) is 0.267. The van der Waals surface area contributed by atoms with Crippen LogP contribution in [0.5, 0.6) is 5.75 Å². The minimum absolute atomic E-state index is 0.142. The summed E-state index contributed by atoms with van der Waals surface area (Å²) in [4.78, 5) is 4.25. The number of sulfonamides is 1. The van der Waals surface area contributed by atoms with E-state index in [4.69, 9.17) is 4.74 Å². The Hall–Kier alpha value is -1.92. The van der Waals surface area contributed by atoms with Gasteiger partial charge >= 0.3 is 0 Å². The highest BCUT2D eigenvalue weighted by molar-refractivity contribution is 7.89. The van der Waals surface area contributed by atoms with Gasteiger partial charge in [0.05, 0.1) is 18.8 Å². The standard InChI is InChI=1S/C15H18N2O3S/c1-3-20-14-8-7-12(2)10-15(14)21(18,19)17-11-13-6-4-5-9-16-13/h4-10,17H,3,11H2,1-2H3. The quantitative estimate of drug-likeness (QED) is 0.889. The molecule has 2 rings (SSSR count). The molecule has 0 saturated heterocycles. The Morgan fingerprint density at radius 2 is 2.05 bits per heavy atom. The van der Waals surface area contributed by atoms with E-state index in [9.17, 15) is 8.42 Å². The lowest BCUT2D eigenvalue weighted by molar-refractivity contribution is 0.331. The first-order valence-corrected chi connectivity index (χ1v) is 8.14. The number of benzene rings is 1. The van der Waals surface area contributed by atoms with Gasteiger partial charge in [0.1, 0.15) is 10.6 Å². The van der Waals surface area contributed by atoms with Crippen LogP contribution in [0.25, 0.3) is 0 Å². The van der Waals surface area contributed by atoms with Crippen LogP contribution >= 0.6 is 0 Å². The van der Waals surface area contributed by atoms with Gasteiger partial charge in [0.2, 0.25) is 10.0 Å². The summed E-state index contributed by atoms with van der Waals surface area (Å²) in [7, 11) is -3.65. The second-order valence-corrected chi connectivity index (χ2v) is 6.26. The fourth-order valence-electron chi connectivity index (χ4n) is 1.85. The normalized spacial score (nSPS) is 11.3. The molecule has 2 aromatic rings. The average Bonchev–Trinajstić information content (AvgIpc) is 2.48. The van der Waals surface area contributed by atoms with Gasteiger partial charge in [-0.15, -0.1) is 0 Å². The molecule has 1 N–H and O–H groups in total. The minimum Gasteiger partial charge on any atom is -0.492 e. The molecule has 0 saturated carbocycles. The number of hydrogen-bond acceptors (Lipinski definition) is 4. The molecule has 5 nitrogen and oxygen atoms in total. The predicted octanol–water partition coefficient (Wildman–Crippen LogP) is 2.27. The molecule has 6 heteroatoms. The van der Waals surface area contributed by atoms with Crippen molar-refractivity contribution in [1.29, 1.82) is 0 Å². The maximum absolute atomic E-state index is 12.4. The number of pyridine rings is 1. The minimum atomic E-state index is -3.65. The lowest BCUT2D eigenvalue weighted by Gasteiger charge is -2.12. The summed E-state index contributed by atoms with van der Waals surface area (Å²) in [5.41, 5.74) is 1.52. The van der Waals surface area contributed by atoms with Crippen molar-refractivity contribution in [3.8, 4) is 5.75 Å². The summed E-state index contributed by atoms with van der Waals surface area (Å²) in [6.07, 6.45) is 1.63. The van der Waals surface area contributed by atoms with E-state index in [2.05, 4.69) is 9.71 Å². The number of ether oxygens (including phenoxy) is 1. The van der Waals surface area contributed by atoms with Gasteiger partial charge in [-0.1, -0.05) is 12.1 Å². The van der Waals surface area contributed by atoms with Crippen molar-refractivity contribution in [2.24, 2.45) is 0 Å². The van der Waals surface area contributed by atoms with Crippen LogP contribution in [-0.2, 0) is 16.6 Å². The van der Waals surface area contributed by atoms with Gasteiger partial charge < -0.3 is 4.74 Å². The third kappa shape index (κ3) is 4.03. The van der Waals surface area contributed by atoms with Crippen molar-refractivity contribution in [2.75, 3.05) is 6.61 Å². The summed E-state index contributed by atoms with van der Waals surface area (Å²) in [5, 5.41) is 0. The summed E-state index contributed by atoms with van der Waals surface area (Å²) < 4.78 is 32.8. The zero-order valence-corrected chi connectivity index (χ0v) is 12.9. The van der Waals surface area contributed by atoms with Gasteiger partial charge in [-0.2, -0.15) is 0 Å². The Morgan fingerprint density at radius 1 is 1.24 bits per heavy atom. The molecule has 0 amide bonds. The van der Waals surface area contributed by atoms with Crippen molar-refractivity contribution in [3.63, 3.8) is 0 Å². The first-order chi connectivity index (χ1) is 10.0. The Balaban J connectivity index is 2.24. The zero-order chi connectivity index (χ0) is 15.3. The highest BCUT2D eigenvalue weighted by atomic mass is 32.2. The molecule has 0 bridgehead atoms. The van der Waals surface area contributed by atoms with Gasteiger partial charge in [-0.05, 0) is 43.7 Å². The highest BCUT2D eigenvalue weighted by Gasteiger charge is 2.19. The van der Waals surface area contributed by atoms with Crippen molar-refractivity contribution < 1.29 is 13.2 Å². The molecule has 1 aromatic heterocycles. The summed E-state index contributed by atoms with van der Waals surface area (Å²) in [5.74, 6) is 0.358. The van der Waals surface area contributed by atoms with E-state index >= 15 is 0 Å². The van der Waals surface area contributed by atoms with Crippen LogP contribution in [0.3, 0.4) is 0 Å². The second-order valence-electron chi connectivity index (χ2n) is 4.53. The van der Waals surface area contributed by atoms with Crippen LogP contribution in [0.2, 0.25) is 0 Å². The lowest BCUT2D eigenvalue weighted by Crippen LogP contribution is -2.24. The summed E-state index contributed by atoms with van der Waals surface area (Å²) in [6, 6.07) is 10.5. The molecule has 0 fully saturated rings. The van der Waals surface area contributed by atoms with Crippen LogP contribution < -0.4 is 9.46 Å². The van der Waals surface area contributed by atoms with Crippen LogP contribution in [0.1, 0.15) is 18.2 Å². The largest absolute Gasteiger partial charge is 0.492 e. The predicted molar refractivity (Wildman–Crippen MR) is 80.6 cm³/mol. The number of hydrogen-bond donors (Lipinski definition) is 1. The van der Waals surface area contributed by atoms with Crippen molar-refractivity contribution in [2.45, 2.75) is 25.3 Å². The fourth-order valence-corrected chi connectivity index (χ4v) is 3.08. The molecule has 0 aliphatic rings. The molecule has 0 radical (unpaired) electrons. The Labute approximate surface area is 125 Å². The van der Waals surface area contributed by atoms with Gasteiger partial charge in [0.25, 0.3) is 0 Å². The van der Waals surface area contributed by atoms with Gasteiger partial charge in [0, 0.05) is 6.20 Å². The molecule has 0 unspecified atom stereocenters. The molecular formula is C15H18N2O3S. The topological polar surface area (TPSA) is 68.3 Å². The van der Waals surface area contributed by atoms with E-state index < -0.39 is 10.0 Å². The number of nitrogens with zero attached hydrogens (tertiary/aromatic N) is 1. The molecule has 0 aliphatic carbocycles. The Bertz CT molecular complexity index is 700. The zero-order valence-electron chi connectivity index (χ0n) is 12.0. The van der Waals surface area contributed by atoms with Gasteiger partial charge in [-0.3, -0.25) is 4.98 Å².